The standard InChI is InChI=1S/C24H26N6O6S/c1-15-11-26-17(12-25-15)18(31)13-37(32,33)14-21-28-29-24(16-7-5-10-22(27-16)36-4)30(21)23-19(34-2)8-6-9-20(23)35-3/h5-12,18,31H,13-14H2,1-4H3/t18-/m1/s1. The van der Waals surface area contributed by atoms with Crippen LogP contribution in [-0.4, -0.2) is 70.3 Å². The molecule has 0 radical (unpaired) electrons. The van der Waals surface area contributed by atoms with Gasteiger partial charge in [0.25, 0.3) is 0 Å². The van der Waals surface area contributed by atoms with Gasteiger partial charge in [-0.25, -0.2) is 13.4 Å². The van der Waals surface area contributed by atoms with Gasteiger partial charge in [-0.2, -0.15) is 0 Å². The summed E-state index contributed by atoms with van der Waals surface area (Å²) in [5, 5.41) is 19.0. The number of hydrogen-bond donors (Lipinski definition) is 1. The van der Waals surface area contributed by atoms with Crippen LogP contribution in [-0.2, 0) is 15.6 Å². The number of rotatable bonds is 10. The Bertz CT molecular complexity index is 1470. The van der Waals surface area contributed by atoms with Crippen molar-refractivity contribution in [1.82, 2.24) is 29.7 Å². The quantitative estimate of drug-likeness (QED) is 0.323. The van der Waals surface area contributed by atoms with Crippen LogP contribution >= 0.6 is 0 Å². The van der Waals surface area contributed by atoms with E-state index >= 15 is 0 Å². The normalized spacial score (nSPS) is 12.2. The Hall–Kier alpha value is -4.10. The molecule has 12 nitrogen and oxygen atoms in total. The van der Waals surface area contributed by atoms with Gasteiger partial charge in [0.2, 0.25) is 5.88 Å². The number of aliphatic hydroxyl groups excluding tert-OH is 1. The molecule has 0 saturated heterocycles. The summed E-state index contributed by atoms with van der Waals surface area (Å²) in [6.07, 6.45) is 1.45. The number of aliphatic hydroxyl groups is 1. The third-order valence-electron chi connectivity index (χ3n) is 5.42. The van der Waals surface area contributed by atoms with E-state index in [-0.39, 0.29) is 17.3 Å². The van der Waals surface area contributed by atoms with Crippen LogP contribution in [0.1, 0.15) is 23.3 Å². The maximum absolute atomic E-state index is 13.2. The monoisotopic (exact) mass is 526 g/mol. The van der Waals surface area contributed by atoms with Crippen molar-refractivity contribution in [3.8, 4) is 34.6 Å². The first-order chi connectivity index (χ1) is 17.8. The average Bonchev–Trinajstić information content (AvgIpc) is 3.30. The van der Waals surface area contributed by atoms with E-state index in [1.807, 2.05) is 0 Å². The molecule has 1 atom stereocenters. The molecule has 3 heterocycles. The molecule has 0 bridgehead atoms. The highest BCUT2D eigenvalue weighted by Crippen LogP contribution is 2.36. The third kappa shape index (κ3) is 5.67. The van der Waals surface area contributed by atoms with E-state index in [9.17, 15) is 13.5 Å². The van der Waals surface area contributed by atoms with Crippen molar-refractivity contribution in [1.29, 1.82) is 0 Å². The van der Waals surface area contributed by atoms with Crippen molar-refractivity contribution in [3.05, 3.63) is 66.0 Å². The fourth-order valence-electron chi connectivity index (χ4n) is 3.67. The van der Waals surface area contributed by atoms with Crippen molar-refractivity contribution < 1.29 is 27.7 Å². The van der Waals surface area contributed by atoms with Crippen LogP contribution in [0.5, 0.6) is 17.4 Å². The molecule has 0 aliphatic rings. The molecule has 0 fully saturated rings. The molecule has 0 unspecified atom stereocenters. The van der Waals surface area contributed by atoms with Crippen molar-refractivity contribution in [2.45, 2.75) is 18.8 Å². The molecule has 4 aromatic rings. The second kappa shape index (κ2) is 10.9. The number of ether oxygens (including phenoxy) is 3. The summed E-state index contributed by atoms with van der Waals surface area (Å²) in [5.41, 5.74) is 1.59. The van der Waals surface area contributed by atoms with Crippen molar-refractivity contribution >= 4 is 9.84 Å². The molecule has 194 valence electrons. The number of aromatic nitrogens is 6. The minimum Gasteiger partial charge on any atom is -0.494 e. The van der Waals surface area contributed by atoms with Gasteiger partial charge in [-0.1, -0.05) is 12.1 Å². The Morgan fingerprint density at radius 2 is 1.65 bits per heavy atom. The summed E-state index contributed by atoms with van der Waals surface area (Å²) in [4.78, 5) is 12.6. The lowest BCUT2D eigenvalue weighted by molar-refractivity contribution is 0.196. The predicted octanol–water partition coefficient (Wildman–Crippen LogP) is 2.10. The zero-order chi connectivity index (χ0) is 26.6. The molecule has 0 aliphatic carbocycles. The molecular weight excluding hydrogens is 500 g/mol. The summed E-state index contributed by atoms with van der Waals surface area (Å²) in [7, 11) is 0.552. The van der Waals surface area contributed by atoms with Gasteiger partial charge in [0.05, 0.1) is 44.7 Å². The molecule has 0 aliphatic heterocycles. The van der Waals surface area contributed by atoms with Crippen LogP contribution < -0.4 is 14.2 Å². The Kier molecular flexibility index (Phi) is 7.64. The van der Waals surface area contributed by atoms with Crippen LogP contribution in [0.3, 0.4) is 0 Å². The Balaban J connectivity index is 1.80. The Labute approximate surface area is 213 Å². The van der Waals surface area contributed by atoms with Crippen LogP contribution in [0, 0.1) is 6.92 Å². The van der Waals surface area contributed by atoms with Gasteiger partial charge in [-0.05, 0) is 25.1 Å². The van der Waals surface area contributed by atoms with Crippen molar-refractivity contribution in [3.63, 3.8) is 0 Å². The first-order valence-corrected chi connectivity index (χ1v) is 12.9. The largest absolute Gasteiger partial charge is 0.494 e. The van der Waals surface area contributed by atoms with E-state index in [0.717, 1.165) is 0 Å². The van der Waals surface area contributed by atoms with E-state index in [2.05, 4.69) is 25.1 Å². The smallest absolute Gasteiger partial charge is 0.213 e. The first-order valence-electron chi connectivity index (χ1n) is 11.1. The molecule has 0 spiro atoms. The molecular formula is C24H26N6O6S. The van der Waals surface area contributed by atoms with Gasteiger partial charge in [0.15, 0.2) is 21.5 Å². The molecule has 13 heteroatoms. The maximum atomic E-state index is 13.2. The Morgan fingerprint density at radius 3 is 2.27 bits per heavy atom. The van der Waals surface area contributed by atoms with Crippen molar-refractivity contribution in [2.24, 2.45) is 0 Å². The van der Waals surface area contributed by atoms with Crippen molar-refractivity contribution in [2.75, 3.05) is 27.1 Å². The van der Waals surface area contributed by atoms with Gasteiger partial charge in [0.1, 0.15) is 34.7 Å². The maximum Gasteiger partial charge on any atom is 0.213 e. The fraction of sp³-hybridized carbons (Fsp3) is 0.292. The number of hydrogen-bond acceptors (Lipinski definition) is 11. The van der Waals surface area contributed by atoms with E-state index < -0.39 is 27.4 Å². The minimum atomic E-state index is -3.91. The molecule has 1 aromatic carbocycles. The van der Waals surface area contributed by atoms with Crippen LogP contribution in [0.25, 0.3) is 17.2 Å². The van der Waals surface area contributed by atoms with E-state index in [1.54, 1.807) is 43.3 Å². The highest BCUT2D eigenvalue weighted by molar-refractivity contribution is 7.90. The second-order valence-corrected chi connectivity index (χ2v) is 10.1. The summed E-state index contributed by atoms with van der Waals surface area (Å²) >= 11 is 0. The predicted molar refractivity (Wildman–Crippen MR) is 133 cm³/mol. The van der Waals surface area contributed by atoms with Gasteiger partial charge < -0.3 is 19.3 Å². The summed E-state index contributed by atoms with van der Waals surface area (Å²) in [6.45, 7) is 1.74. The molecule has 1 N–H and O–H groups in total. The van der Waals surface area contributed by atoms with Gasteiger partial charge in [-0.3, -0.25) is 14.5 Å². The lowest BCUT2D eigenvalue weighted by Crippen LogP contribution is -2.19. The lowest BCUT2D eigenvalue weighted by atomic mass is 10.2. The Morgan fingerprint density at radius 1 is 0.946 bits per heavy atom. The van der Waals surface area contributed by atoms with Crippen LogP contribution in [0.15, 0.2) is 48.8 Å². The summed E-state index contributed by atoms with van der Waals surface area (Å²) in [6, 6.07) is 10.3. The van der Waals surface area contributed by atoms with E-state index in [0.29, 0.717) is 34.5 Å². The zero-order valence-corrected chi connectivity index (χ0v) is 21.5. The number of para-hydroxylation sites is 1. The number of nitrogens with zero attached hydrogens (tertiary/aromatic N) is 6. The molecule has 0 saturated carbocycles. The van der Waals surface area contributed by atoms with Crippen LogP contribution in [0.4, 0.5) is 0 Å². The number of benzene rings is 1. The topological polar surface area (TPSA) is 151 Å². The summed E-state index contributed by atoms with van der Waals surface area (Å²) in [5.74, 6) is 0.334. The van der Waals surface area contributed by atoms with Gasteiger partial charge >= 0.3 is 0 Å². The fourth-order valence-corrected chi connectivity index (χ4v) is 5.02. The zero-order valence-electron chi connectivity index (χ0n) is 20.7. The SMILES string of the molecule is COc1cccc(-c2nnc(CS(=O)(=O)C[C@@H](O)c3cnc(C)cn3)n2-c2c(OC)cccc2OC)n1. The minimum absolute atomic E-state index is 0.0737. The molecule has 37 heavy (non-hydrogen) atoms. The first kappa shape index (κ1) is 26.0. The van der Waals surface area contributed by atoms with E-state index in [1.165, 1.54) is 38.3 Å². The number of sulfone groups is 1. The summed E-state index contributed by atoms with van der Waals surface area (Å²) < 4.78 is 44.3. The number of pyridine rings is 1. The van der Waals surface area contributed by atoms with Crippen LogP contribution in [0.2, 0.25) is 0 Å². The number of methoxy groups -OCH3 is 3. The highest BCUT2D eigenvalue weighted by Gasteiger charge is 2.28. The lowest BCUT2D eigenvalue weighted by Gasteiger charge is -2.17. The average molecular weight is 527 g/mol. The second-order valence-electron chi connectivity index (χ2n) is 8.00. The van der Waals surface area contributed by atoms with E-state index in [4.69, 9.17) is 14.2 Å². The molecule has 0 amide bonds. The van der Waals surface area contributed by atoms with Gasteiger partial charge in [0, 0.05) is 12.3 Å². The molecule has 4 rings (SSSR count). The molecule has 3 aromatic heterocycles. The number of aryl methyl sites for hydroxylation is 1. The highest BCUT2D eigenvalue weighted by atomic mass is 32.2. The third-order valence-corrected chi connectivity index (χ3v) is 6.94. The van der Waals surface area contributed by atoms with Gasteiger partial charge in [-0.15, -0.1) is 10.2 Å².